The summed E-state index contributed by atoms with van der Waals surface area (Å²) in [5.41, 5.74) is 1.08. The number of hydrogen-bond acceptors (Lipinski definition) is 4. The molecule has 2 saturated heterocycles. The van der Waals surface area contributed by atoms with E-state index in [1.807, 2.05) is 0 Å². The predicted molar refractivity (Wildman–Crippen MR) is 87.2 cm³/mol. The zero-order valence-electron chi connectivity index (χ0n) is 14.8. The lowest BCUT2D eigenvalue weighted by atomic mass is 9.64. The number of epoxide rings is 2. The molecule has 130 valence electrons. The summed E-state index contributed by atoms with van der Waals surface area (Å²) in [5, 5.41) is 2.55. The average Bonchev–Trinajstić information content (AvgIpc) is 3.39. The number of ether oxygens (including phenoxy) is 3. The summed E-state index contributed by atoms with van der Waals surface area (Å²) in [4.78, 5) is 11.6. The summed E-state index contributed by atoms with van der Waals surface area (Å²) in [6, 6.07) is 0. The van der Waals surface area contributed by atoms with Gasteiger partial charge < -0.3 is 19.5 Å². The molecule has 0 radical (unpaired) electrons. The van der Waals surface area contributed by atoms with Crippen molar-refractivity contribution in [3.05, 3.63) is 11.6 Å². The summed E-state index contributed by atoms with van der Waals surface area (Å²) in [6.07, 6.45) is 4.81. The minimum atomic E-state index is -0.351. The molecule has 1 saturated carbocycles. The molecule has 0 bridgehead atoms. The molecule has 6 atom stereocenters. The third kappa shape index (κ3) is 3.01. The van der Waals surface area contributed by atoms with Crippen LogP contribution >= 0.6 is 0 Å². The maximum absolute atomic E-state index is 11.6. The number of amides is 1. The van der Waals surface area contributed by atoms with Crippen LogP contribution in [-0.2, 0) is 14.2 Å². The minimum Gasteiger partial charge on any atom is -0.446 e. The lowest BCUT2D eigenvalue weighted by Gasteiger charge is -2.42. The van der Waals surface area contributed by atoms with Crippen molar-refractivity contribution in [2.24, 2.45) is 11.8 Å². The van der Waals surface area contributed by atoms with Crippen molar-refractivity contribution in [2.45, 2.75) is 70.4 Å². The van der Waals surface area contributed by atoms with Crippen LogP contribution in [0.15, 0.2) is 11.6 Å². The first-order valence-electron chi connectivity index (χ1n) is 8.66. The van der Waals surface area contributed by atoms with Crippen molar-refractivity contribution in [3.63, 3.8) is 0 Å². The van der Waals surface area contributed by atoms with Gasteiger partial charge in [-0.05, 0) is 40.0 Å². The van der Waals surface area contributed by atoms with Crippen LogP contribution in [0.2, 0.25) is 0 Å². The van der Waals surface area contributed by atoms with Gasteiger partial charge in [-0.1, -0.05) is 18.6 Å². The van der Waals surface area contributed by atoms with Gasteiger partial charge in [-0.25, -0.2) is 4.79 Å². The number of carbonyl (C=O) groups excluding carboxylic acids is 1. The number of alkyl carbamates (subject to hydrolysis) is 1. The molecular weight excluding hydrogens is 294 g/mol. The fourth-order valence-corrected chi connectivity index (χ4v) is 4.49. The monoisotopic (exact) mass is 323 g/mol. The second-order valence-electron chi connectivity index (χ2n) is 7.73. The summed E-state index contributed by atoms with van der Waals surface area (Å²) in [5.74, 6) is 0.499. The molecule has 23 heavy (non-hydrogen) atoms. The van der Waals surface area contributed by atoms with Crippen LogP contribution in [0, 0.1) is 11.8 Å². The molecule has 5 heteroatoms. The van der Waals surface area contributed by atoms with Gasteiger partial charge in [-0.3, -0.25) is 0 Å². The van der Waals surface area contributed by atoms with E-state index in [-0.39, 0.29) is 41.3 Å². The quantitative estimate of drug-likeness (QED) is 0.638. The number of carbonyl (C=O) groups is 1. The third-order valence-electron chi connectivity index (χ3n) is 5.84. The summed E-state index contributed by atoms with van der Waals surface area (Å²) in [7, 11) is 1.60. The highest BCUT2D eigenvalue weighted by Gasteiger charge is 2.70. The van der Waals surface area contributed by atoms with Crippen LogP contribution in [-0.4, -0.2) is 43.2 Å². The molecule has 3 unspecified atom stereocenters. The van der Waals surface area contributed by atoms with Gasteiger partial charge in [-0.15, -0.1) is 0 Å². The predicted octanol–water partition coefficient (Wildman–Crippen LogP) is 3.04. The van der Waals surface area contributed by atoms with Crippen molar-refractivity contribution in [1.82, 2.24) is 5.32 Å². The lowest BCUT2D eigenvalue weighted by Crippen LogP contribution is -2.51. The minimum absolute atomic E-state index is 0.0591. The molecule has 1 N–H and O–H groups in total. The van der Waals surface area contributed by atoms with Crippen molar-refractivity contribution in [2.75, 3.05) is 13.7 Å². The van der Waals surface area contributed by atoms with Crippen molar-refractivity contribution >= 4 is 6.09 Å². The number of hydrogen-bond donors (Lipinski definition) is 1. The zero-order chi connectivity index (χ0) is 16.8. The second-order valence-corrected chi connectivity index (χ2v) is 7.73. The van der Waals surface area contributed by atoms with Crippen LogP contribution in [0.1, 0.15) is 47.0 Å². The Morgan fingerprint density at radius 3 is 2.70 bits per heavy atom. The molecule has 2 heterocycles. The first-order chi connectivity index (χ1) is 10.8. The van der Waals surface area contributed by atoms with Gasteiger partial charge in [0.2, 0.25) is 0 Å². The van der Waals surface area contributed by atoms with E-state index in [2.05, 4.69) is 39.1 Å². The molecule has 1 aliphatic carbocycles. The highest BCUT2D eigenvalue weighted by Crippen LogP contribution is 2.60. The first-order valence-corrected chi connectivity index (χ1v) is 8.66. The Balaban J connectivity index is 1.73. The maximum atomic E-state index is 11.6. The molecule has 1 spiro atoms. The number of rotatable bonds is 4. The molecule has 0 aromatic carbocycles. The maximum Gasteiger partial charge on any atom is 0.407 e. The largest absolute Gasteiger partial charge is 0.446 e. The third-order valence-corrected chi connectivity index (χ3v) is 5.84. The molecule has 3 aliphatic rings. The molecule has 3 rings (SSSR count). The fourth-order valence-electron chi connectivity index (χ4n) is 4.49. The fraction of sp³-hybridized carbons (Fsp3) is 0.833. The highest BCUT2D eigenvalue weighted by atomic mass is 16.6. The van der Waals surface area contributed by atoms with E-state index in [0.717, 1.165) is 25.9 Å². The summed E-state index contributed by atoms with van der Waals surface area (Å²) in [6.45, 7) is 9.40. The topological polar surface area (TPSA) is 63.4 Å². The average molecular weight is 323 g/mol. The Labute approximate surface area is 138 Å². The van der Waals surface area contributed by atoms with Gasteiger partial charge in [0.15, 0.2) is 0 Å². The van der Waals surface area contributed by atoms with E-state index in [1.165, 1.54) is 5.57 Å². The Hall–Kier alpha value is -1.07. The van der Waals surface area contributed by atoms with E-state index in [9.17, 15) is 4.79 Å². The van der Waals surface area contributed by atoms with Crippen LogP contribution in [0.3, 0.4) is 0 Å². The Kier molecular flexibility index (Phi) is 4.21. The van der Waals surface area contributed by atoms with Crippen LogP contribution in [0.5, 0.6) is 0 Å². The van der Waals surface area contributed by atoms with E-state index < -0.39 is 0 Å². The first kappa shape index (κ1) is 16.8. The van der Waals surface area contributed by atoms with Gasteiger partial charge in [0, 0.05) is 18.9 Å². The molecule has 2 aliphatic heterocycles. The van der Waals surface area contributed by atoms with E-state index in [4.69, 9.17) is 14.2 Å². The van der Waals surface area contributed by atoms with Gasteiger partial charge >= 0.3 is 6.09 Å². The molecule has 3 fully saturated rings. The van der Waals surface area contributed by atoms with Gasteiger partial charge in [0.1, 0.15) is 6.10 Å². The second kappa shape index (κ2) is 5.78. The SMILES string of the molecule is CNC(=O)OC1CC[C@]2(CO2)C([C@@]2(C)O[C@@H]2CC=C(C)C)C1C. The van der Waals surface area contributed by atoms with E-state index in [1.54, 1.807) is 7.05 Å². The molecule has 5 nitrogen and oxygen atoms in total. The smallest absolute Gasteiger partial charge is 0.407 e. The number of allylic oxidation sites excluding steroid dienone is 1. The van der Waals surface area contributed by atoms with Crippen LogP contribution < -0.4 is 5.32 Å². The van der Waals surface area contributed by atoms with E-state index in [0.29, 0.717) is 0 Å². The van der Waals surface area contributed by atoms with Gasteiger partial charge in [-0.2, -0.15) is 0 Å². The Morgan fingerprint density at radius 1 is 1.43 bits per heavy atom. The van der Waals surface area contributed by atoms with Crippen molar-refractivity contribution < 1.29 is 19.0 Å². The normalized spacial score (nSPS) is 44.6. The molecule has 0 aromatic rings. The standard InChI is InChI=1S/C18H29NO4/c1-11(2)6-7-14-17(4,23-14)15-12(3)13(22-16(20)19-5)8-9-18(15)10-21-18/h6,12-15H,7-10H2,1-5H3,(H,19,20)/t12?,13?,14-,15?,17+,18+/m1/s1. The van der Waals surface area contributed by atoms with Gasteiger partial charge in [0.05, 0.1) is 23.9 Å². The molecule has 0 aromatic heterocycles. The van der Waals surface area contributed by atoms with Crippen molar-refractivity contribution in [1.29, 1.82) is 0 Å². The van der Waals surface area contributed by atoms with E-state index >= 15 is 0 Å². The summed E-state index contributed by atoms with van der Waals surface area (Å²) < 4.78 is 17.6. The zero-order valence-corrected chi connectivity index (χ0v) is 14.8. The van der Waals surface area contributed by atoms with Crippen LogP contribution in [0.4, 0.5) is 4.79 Å². The van der Waals surface area contributed by atoms with Crippen LogP contribution in [0.25, 0.3) is 0 Å². The lowest BCUT2D eigenvalue weighted by molar-refractivity contribution is -0.0418. The number of nitrogens with one attached hydrogen (secondary N) is 1. The summed E-state index contributed by atoms with van der Waals surface area (Å²) >= 11 is 0. The van der Waals surface area contributed by atoms with Gasteiger partial charge in [0.25, 0.3) is 0 Å². The highest BCUT2D eigenvalue weighted by molar-refractivity contribution is 5.66. The van der Waals surface area contributed by atoms with Crippen molar-refractivity contribution in [3.8, 4) is 0 Å². The molecular formula is C18H29NO4. The Morgan fingerprint density at radius 2 is 2.13 bits per heavy atom. The Bertz CT molecular complexity index is 509. The molecule has 1 amide bonds.